The zero-order valence-corrected chi connectivity index (χ0v) is 18.0. The number of amides is 1. The molecular formula is C21H33N5O3. The van der Waals surface area contributed by atoms with Crippen LogP contribution in [0.4, 0.5) is 0 Å². The van der Waals surface area contributed by atoms with E-state index in [9.17, 15) is 4.79 Å². The molecule has 0 atom stereocenters. The first-order valence-corrected chi connectivity index (χ1v) is 10.1. The van der Waals surface area contributed by atoms with Crippen LogP contribution < -0.4 is 20.5 Å². The number of hydrogen-bond donors (Lipinski definition) is 3. The molecule has 8 nitrogen and oxygen atoms in total. The van der Waals surface area contributed by atoms with Gasteiger partial charge in [0.2, 0.25) is 0 Å². The van der Waals surface area contributed by atoms with Gasteiger partial charge < -0.3 is 30.4 Å². The highest BCUT2D eigenvalue weighted by Crippen LogP contribution is 2.33. The predicted octanol–water partition coefficient (Wildman–Crippen LogP) is 2.74. The van der Waals surface area contributed by atoms with Crippen LogP contribution >= 0.6 is 0 Å². The van der Waals surface area contributed by atoms with Crippen molar-refractivity contribution in [1.29, 1.82) is 0 Å². The van der Waals surface area contributed by atoms with E-state index in [0.717, 1.165) is 37.0 Å². The van der Waals surface area contributed by atoms with Crippen molar-refractivity contribution in [2.75, 3.05) is 33.3 Å². The molecule has 160 valence electrons. The Morgan fingerprint density at radius 1 is 1.28 bits per heavy atom. The summed E-state index contributed by atoms with van der Waals surface area (Å²) in [7, 11) is 1.61. The summed E-state index contributed by atoms with van der Waals surface area (Å²) in [5, 5.41) is 3.44. The summed E-state index contributed by atoms with van der Waals surface area (Å²) in [4.78, 5) is 21.6. The van der Waals surface area contributed by atoms with Gasteiger partial charge in [0.25, 0.3) is 5.91 Å². The number of guanidine groups is 1. The van der Waals surface area contributed by atoms with E-state index < -0.39 is 5.91 Å². The second-order valence-electron chi connectivity index (χ2n) is 7.01. The number of nitrogens with two attached hydrogens (primary N) is 1. The fourth-order valence-electron chi connectivity index (χ4n) is 2.97. The third-order valence-corrected chi connectivity index (χ3v) is 4.53. The number of carbonyl (C=O) groups excluding carboxylic acids is 1. The summed E-state index contributed by atoms with van der Waals surface area (Å²) < 4.78 is 11.9. The van der Waals surface area contributed by atoms with Gasteiger partial charge >= 0.3 is 0 Å². The Labute approximate surface area is 172 Å². The van der Waals surface area contributed by atoms with Gasteiger partial charge in [-0.1, -0.05) is 13.8 Å². The van der Waals surface area contributed by atoms with Gasteiger partial charge in [0, 0.05) is 31.1 Å². The van der Waals surface area contributed by atoms with Crippen LogP contribution in [0.5, 0.6) is 11.5 Å². The van der Waals surface area contributed by atoms with Gasteiger partial charge in [-0.15, -0.1) is 0 Å². The molecular weight excluding hydrogens is 370 g/mol. The van der Waals surface area contributed by atoms with Crippen molar-refractivity contribution in [2.24, 2.45) is 10.7 Å². The largest absolute Gasteiger partial charge is 0.493 e. The lowest BCUT2D eigenvalue weighted by molar-refractivity contribution is 0.0998. The van der Waals surface area contributed by atoms with E-state index in [1.807, 2.05) is 26.0 Å². The lowest BCUT2D eigenvalue weighted by atomic mass is 10.2. The number of nitrogens with zero attached hydrogens (tertiary/aromatic N) is 2. The first-order chi connectivity index (χ1) is 13.9. The number of carbonyl (C=O) groups is 1. The topological polar surface area (TPSA) is 105 Å². The van der Waals surface area contributed by atoms with Crippen LogP contribution in [0.1, 0.15) is 44.6 Å². The van der Waals surface area contributed by atoms with Gasteiger partial charge in [-0.3, -0.25) is 4.79 Å². The summed E-state index contributed by atoms with van der Waals surface area (Å²) in [6, 6.07) is 5.47. The summed E-state index contributed by atoms with van der Waals surface area (Å²) in [6.07, 6.45) is 0.926. The number of ether oxygens (including phenoxy) is 2. The number of rotatable bonds is 10. The van der Waals surface area contributed by atoms with E-state index in [1.54, 1.807) is 13.1 Å². The van der Waals surface area contributed by atoms with Crippen molar-refractivity contribution in [2.45, 2.75) is 40.2 Å². The van der Waals surface area contributed by atoms with Crippen LogP contribution in [0.15, 0.2) is 23.2 Å². The molecule has 0 spiro atoms. The first-order valence-electron chi connectivity index (χ1n) is 10.1. The maximum Gasteiger partial charge on any atom is 0.296 e. The zero-order valence-electron chi connectivity index (χ0n) is 18.0. The average Bonchev–Trinajstić information content (AvgIpc) is 3.12. The van der Waals surface area contributed by atoms with Gasteiger partial charge in [0.1, 0.15) is 17.2 Å². The van der Waals surface area contributed by atoms with E-state index >= 15 is 0 Å². The van der Waals surface area contributed by atoms with E-state index in [-0.39, 0.29) is 12.1 Å². The van der Waals surface area contributed by atoms with Crippen molar-refractivity contribution in [3.63, 3.8) is 0 Å². The monoisotopic (exact) mass is 403 g/mol. The molecule has 0 saturated carbocycles. The molecule has 1 aromatic carbocycles. The molecule has 0 fully saturated rings. The second kappa shape index (κ2) is 10.7. The standard InChI is InChI=1S/C21H33N5O3/c1-6-26(7-2)9-8-10-28-15-11-17-16(19(12-15)29-14(3)4)13-18(24-17)20(27)25-21(22)23-5/h11-14,24H,6-10H2,1-5H3,(H3,22,23,25,27). The van der Waals surface area contributed by atoms with Gasteiger partial charge in [-0.2, -0.15) is 4.99 Å². The molecule has 8 heteroatoms. The molecule has 0 aliphatic carbocycles. The Bertz CT molecular complexity index is 840. The molecule has 29 heavy (non-hydrogen) atoms. The van der Waals surface area contributed by atoms with Crippen LogP contribution in [-0.4, -0.2) is 61.1 Å². The normalized spacial score (nSPS) is 12.0. The Balaban J connectivity index is 2.23. The maximum absolute atomic E-state index is 12.3. The van der Waals surface area contributed by atoms with E-state index in [4.69, 9.17) is 15.2 Å². The third kappa shape index (κ3) is 6.39. The number of aromatic amines is 1. The summed E-state index contributed by atoms with van der Waals surface area (Å²) in [5.74, 6) is 0.971. The van der Waals surface area contributed by atoms with Crippen molar-refractivity contribution in [3.8, 4) is 11.5 Å². The molecule has 2 aromatic rings. The van der Waals surface area contributed by atoms with Gasteiger partial charge in [-0.25, -0.2) is 0 Å². The predicted molar refractivity (Wildman–Crippen MR) is 117 cm³/mol. The number of hydrogen-bond acceptors (Lipinski definition) is 4. The third-order valence-electron chi connectivity index (χ3n) is 4.53. The number of aromatic nitrogens is 1. The molecule has 0 radical (unpaired) electrons. The minimum atomic E-state index is -0.453. The molecule has 0 aliphatic rings. The smallest absolute Gasteiger partial charge is 0.296 e. The molecule has 1 heterocycles. The highest BCUT2D eigenvalue weighted by molar-refractivity contribution is 6.04. The number of benzene rings is 1. The minimum Gasteiger partial charge on any atom is -0.493 e. The number of fused-ring (bicyclic) bond motifs is 1. The second-order valence-corrected chi connectivity index (χ2v) is 7.01. The van der Waals surface area contributed by atoms with E-state index in [1.165, 1.54) is 0 Å². The highest BCUT2D eigenvalue weighted by atomic mass is 16.5. The van der Waals surface area contributed by atoms with Crippen molar-refractivity contribution >= 4 is 22.8 Å². The lowest BCUT2D eigenvalue weighted by Gasteiger charge is -2.18. The minimum absolute atomic E-state index is 0.0110. The Morgan fingerprint density at radius 2 is 2.00 bits per heavy atom. The zero-order chi connectivity index (χ0) is 21.4. The molecule has 0 bridgehead atoms. The SMILES string of the molecule is CCN(CC)CCCOc1cc(OC(C)C)c2cc(C(=O)N=C(N)NC)[nH]c2c1. The highest BCUT2D eigenvalue weighted by Gasteiger charge is 2.15. The molecule has 2 rings (SSSR count). The first kappa shape index (κ1) is 22.5. The van der Waals surface area contributed by atoms with Crippen molar-refractivity contribution in [1.82, 2.24) is 15.2 Å². The summed E-state index contributed by atoms with van der Waals surface area (Å²) in [6.45, 7) is 11.9. The summed E-state index contributed by atoms with van der Waals surface area (Å²) >= 11 is 0. The molecule has 1 aromatic heterocycles. The molecule has 0 unspecified atom stereocenters. The molecule has 0 saturated heterocycles. The fraction of sp³-hybridized carbons (Fsp3) is 0.524. The lowest BCUT2D eigenvalue weighted by Crippen LogP contribution is -2.28. The van der Waals surface area contributed by atoms with Gasteiger partial charge in [0.15, 0.2) is 5.96 Å². The van der Waals surface area contributed by atoms with Crippen LogP contribution in [0, 0.1) is 0 Å². The number of nitrogens with one attached hydrogen (secondary N) is 2. The van der Waals surface area contributed by atoms with E-state index in [0.29, 0.717) is 23.8 Å². The van der Waals surface area contributed by atoms with Gasteiger partial charge in [-0.05, 0) is 39.4 Å². The molecule has 4 N–H and O–H groups in total. The Morgan fingerprint density at radius 3 is 2.62 bits per heavy atom. The van der Waals surface area contributed by atoms with Crippen LogP contribution in [-0.2, 0) is 0 Å². The van der Waals surface area contributed by atoms with Crippen LogP contribution in [0.3, 0.4) is 0 Å². The number of aliphatic imine (C=N–C) groups is 1. The Hall–Kier alpha value is -2.74. The fourth-order valence-corrected chi connectivity index (χ4v) is 2.97. The Kier molecular flexibility index (Phi) is 8.33. The quantitative estimate of drug-likeness (QED) is 0.320. The van der Waals surface area contributed by atoms with Crippen molar-refractivity contribution in [3.05, 3.63) is 23.9 Å². The molecule has 0 aliphatic heterocycles. The van der Waals surface area contributed by atoms with E-state index in [2.05, 4.69) is 34.0 Å². The number of H-pyrrole nitrogens is 1. The molecule has 1 amide bonds. The average molecular weight is 404 g/mol. The van der Waals surface area contributed by atoms with Crippen LogP contribution in [0.25, 0.3) is 10.9 Å². The van der Waals surface area contributed by atoms with Crippen molar-refractivity contribution < 1.29 is 14.3 Å². The van der Waals surface area contributed by atoms with Crippen LogP contribution in [0.2, 0.25) is 0 Å². The van der Waals surface area contributed by atoms with Gasteiger partial charge in [0.05, 0.1) is 18.2 Å². The summed E-state index contributed by atoms with van der Waals surface area (Å²) in [5.41, 5.74) is 6.68. The maximum atomic E-state index is 12.3.